The molecule has 0 saturated heterocycles. The van der Waals surface area contributed by atoms with Gasteiger partial charge in [-0.15, -0.1) is 0 Å². The van der Waals surface area contributed by atoms with E-state index in [1.165, 1.54) is 0 Å². The fraction of sp³-hybridized carbons (Fsp3) is 0.273. The second-order valence-electron chi connectivity index (χ2n) is 3.23. The first-order valence-electron chi connectivity index (χ1n) is 4.90. The lowest BCUT2D eigenvalue weighted by Crippen LogP contribution is -2.13. The zero-order valence-corrected chi connectivity index (χ0v) is 9.12. The van der Waals surface area contributed by atoms with E-state index in [2.05, 4.69) is 5.32 Å². The van der Waals surface area contributed by atoms with Crippen LogP contribution in [0.3, 0.4) is 0 Å². The van der Waals surface area contributed by atoms with Crippen LogP contribution < -0.4 is 10.1 Å². The van der Waals surface area contributed by atoms with Crippen molar-refractivity contribution in [2.45, 2.75) is 12.8 Å². The van der Waals surface area contributed by atoms with E-state index in [-0.39, 0.29) is 11.4 Å². The van der Waals surface area contributed by atoms with E-state index in [0.29, 0.717) is 0 Å². The molecule has 4 nitrogen and oxygen atoms in total. The quantitative estimate of drug-likeness (QED) is 0.881. The number of hydrogen-bond donors (Lipinski definition) is 1. The smallest absolute Gasteiger partial charge is 0.272 e. The summed E-state index contributed by atoms with van der Waals surface area (Å²) in [5.41, 5.74) is -0.0871. The van der Waals surface area contributed by atoms with Crippen molar-refractivity contribution in [1.29, 1.82) is 5.26 Å². The highest BCUT2D eigenvalue weighted by Gasteiger charge is 2.11. The van der Waals surface area contributed by atoms with Crippen LogP contribution in [0.15, 0.2) is 18.2 Å². The van der Waals surface area contributed by atoms with Gasteiger partial charge in [0.25, 0.3) is 6.43 Å². The number of ether oxygens (including phenoxy) is 1. The first-order chi connectivity index (χ1) is 8.52. The lowest BCUT2D eigenvalue weighted by atomic mass is 10.2. The molecule has 7 heteroatoms. The Hall–Kier alpha value is -2.23. The molecule has 1 aromatic carbocycles. The fourth-order valence-electron chi connectivity index (χ4n) is 1.14. The van der Waals surface area contributed by atoms with Crippen LogP contribution in [-0.4, -0.2) is 18.9 Å². The fourth-order valence-corrected chi connectivity index (χ4v) is 1.14. The van der Waals surface area contributed by atoms with E-state index in [9.17, 15) is 18.0 Å². The van der Waals surface area contributed by atoms with E-state index in [4.69, 9.17) is 10.00 Å². The summed E-state index contributed by atoms with van der Waals surface area (Å²) in [5, 5.41) is 10.5. The lowest BCUT2D eigenvalue weighted by molar-refractivity contribution is -0.115. The first-order valence-corrected chi connectivity index (χ1v) is 4.90. The molecular formula is C11H9F3N2O2. The van der Waals surface area contributed by atoms with Crippen LogP contribution in [0.5, 0.6) is 5.75 Å². The molecule has 1 N–H and O–H groups in total. The van der Waals surface area contributed by atoms with Crippen molar-refractivity contribution in [2.24, 2.45) is 0 Å². The van der Waals surface area contributed by atoms with Crippen molar-refractivity contribution in [1.82, 2.24) is 0 Å². The molecule has 0 aliphatic heterocycles. The molecule has 0 unspecified atom stereocenters. The summed E-state index contributed by atoms with van der Waals surface area (Å²) in [4.78, 5) is 11.2. The minimum Gasteiger partial charge on any atom is -0.485 e. The summed E-state index contributed by atoms with van der Waals surface area (Å²) in [7, 11) is 0. The average molecular weight is 258 g/mol. The molecule has 0 spiro atoms. The summed E-state index contributed by atoms with van der Waals surface area (Å²) < 4.78 is 41.7. The topological polar surface area (TPSA) is 62.1 Å². The third-order valence-electron chi connectivity index (χ3n) is 1.82. The third kappa shape index (κ3) is 4.33. The zero-order valence-electron chi connectivity index (χ0n) is 9.12. The maximum atomic E-state index is 13.0. The van der Waals surface area contributed by atoms with Gasteiger partial charge in [0.1, 0.15) is 24.6 Å². The van der Waals surface area contributed by atoms with Crippen molar-refractivity contribution in [3.05, 3.63) is 24.0 Å². The van der Waals surface area contributed by atoms with E-state index in [1.807, 2.05) is 0 Å². The van der Waals surface area contributed by atoms with Gasteiger partial charge in [-0.05, 0) is 12.1 Å². The van der Waals surface area contributed by atoms with Crippen molar-refractivity contribution >= 4 is 11.6 Å². The normalized spacial score (nSPS) is 9.94. The largest absolute Gasteiger partial charge is 0.485 e. The molecular weight excluding hydrogens is 249 g/mol. The zero-order chi connectivity index (χ0) is 13.5. The van der Waals surface area contributed by atoms with E-state index in [1.54, 1.807) is 6.07 Å². The molecule has 1 amide bonds. The molecule has 0 saturated carbocycles. The molecule has 1 rings (SSSR count). The highest BCUT2D eigenvalue weighted by Crippen LogP contribution is 2.25. The van der Waals surface area contributed by atoms with E-state index >= 15 is 0 Å². The van der Waals surface area contributed by atoms with Gasteiger partial charge in [-0.1, -0.05) is 0 Å². The Morgan fingerprint density at radius 1 is 1.50 bits per heavy atom. The van der Waals surface area contributed by atoms with Gasteiger partial charge >= 0.3 is 0 Å². The highest BCUT2D eigenvalue weighted by atomic mass is 19.3. The number of carbonyl (C=O) groups excluding carboxylic acids is 1. The van der Waals surface area contributed by atoms with Gasteiger partial charge in [-0.3, -0.25) is 4.79 Å². The van der Waals surface area contributed by atoms with Crippen LogP contribution >= 0.6 is 0 Å². The lowest BCUT2D eigenvalue weighted by Gasteiger charge is -2.11. The van der Waals surface area contributed by atoms with Gasteiger partial charge in [-0.2, -0.15) is 5.26 Å². The summed E-state index contributed by atoms with van der Waals surface area (Å²) in [6, 6.07) is 4.67. The van der Waals surface area contributed by atoms with Crippen LogP contribution in [0.1, 0.15) is 6.42 Å². The molecule has 0 atom stereocenters. The Bertz CT molecular complexity index is 472. The van der Waals surface area contributed by atoms with Crippen molar-refractivity contribution < 1.29 is 22.7 Å². The summed E-state index contributed by atoms with van der Waals surface area (Å²) >= 11 is 0. The van der Waals surface area contributed by atoms with Crippen LogP contribution in [-0.2, 0) is 4.79 Å². The second kappa shape index (κ2) is 6.49. The van der Waals surface area contributed by atoms with Crippen LogP contribution in [0.25, 0.3) is 0 Å². The summed E-state index contributed by atoms with van der Waals surface area (Å²) in [6.45, 7) is -0.868. The molecule has 0 aromatic heterocycles. The van der Waals surface area contributed by atoms with Crippen LogP contribution in [0.2, 0.25) is 0 Å². The molecule has 18 heavy (non-hydrogen) atoms. The summed E-state index contributed by atoms with van der Waals surface area (Å²) in [6.07, 6.45) is -3.11. The Balaban J connectivity index is 2.83. The number of anilines is 1. The second-order valence-corrected chi connectivity index (χ2v) is 3.23. The monoisotopic (exact) mass is 258 g/mol. The minimum absolute atomic E-state index is 0.0806. The highest BCUT2D eigenvalue weighted by molar-refractivity contribution is 5.93. The molecule has 0 aliphatic carbocycles. The Kier molecular flexibility index (Phi) is 4.99. The first kappa shape index (κ1) is 13.8. The predicted octanol–water partition coefficient (Wildman–Crippen LogP) is 2.32. The number of benzene rings is 1. The van der Waals surface area contributed by atoms with Gasteiger partial charge in [0.2, 0.25) is 5.91 Å². The van der Waals surface area contributed by atoms with Crippen molar-refractivity contribution in [3.8, 4) is 11.8 Å². The number of hydrogen-bond acceptors (Lipinski definition) is 3. The SMILES string of the molecule is N#CCC(=O)Nc1cc(F)ccc1OCC(F)F. The Morgan fingerprint density at radius 2 is 2.22 bits per heavy atom. The van der Waals surface area contributed by atoms with Gasteiger partial charge < -0.3 is 10.1 Å². The predicted molar refractivity (Wildman–Crippen MR) is 56.8 cm³/mol. The average Bonchev–Trinajstić information content (AvgIpc) is 2.28. The Morgan fingerprint density at radius 3 is 2.83 bits per heavy atom. The standard InChI is InChI=1S/C11H9F3N2O2/c12-7-1-2-9(18-6-10(13)14)8(5-7)16-11(17)3-4-15/h1-2,5,10H,3,6H2,(H,16,17). The maximum Gasteiger partial charge on any atom is 0.272 e. The van der Waals surface area contributed by atoms with Gasteiger partial charge in [0, 0.05) is 6.07 Å². The van der Waals surface area contributed by atoms with Gasteiger partial charge in [0.15, 0.2) is 0 Å². The van der Waals surface area contributed by atoms with Crippen LogP contribution in [0, 0.1) is 17.1 Å². The number of alkyl halides is 2. The number of rotatable bonds is 5. The van der Waals surface area contributed by atoms with Crippen molar-refractivity contribution in [3.63, 3.8) is 0 Å². The number of nitriles is 1. The van der Waals surface area contributed by atoms with E-state index in [0.717, 1.165) is 18.2 Å². The molecule has 96 valence electrons. The van der Waals surface area contributed by atoms with Gasteiger partial charge in [0.05, 0.1) is 11.8 Å². The molecule has 0 radical (unpaired) electrons. The van der Waals surface area contributed by atoms with E-state index < -0.39 is 31.2 Å². The van der Waals surface area contributed by atoms with Gasteiger partial charge in [-0.25, -0.2) is 13.2 Å². The number of halogens is 3. The molecule has 1 aromatic rings. The molecule has 0 fully saturated rings. The molecule has 0 heterocycles. The van der Waals surface area contributed by atoms with Crippen molar-refractivity contribution in [2.75, 3.05) is 11.9 Å². The Labute approximate surface area is 101 Å². The van der Waals surface area contributed by atoms with Crippen LogP contribution in [0.4, 0.5) is 18.9 Å². The third-order valence-corrected chi connectivity index (χ3v) is 1.82. The number of amides is 1. The molecule has 0 aliphatic rings. The number of carbonyl (C=O) groups is 1. The summed E-state index contributed by atoms with van der Waals surface area (Å²) in [5.74, 6) is -1.42. The number of nitrogens with zero attached hydrogens (tertiary/aromatic N) is 1. The number of nitrogens with one attached hydrogen (secondary N) is 1. The molecule has 0 bridgehead atoms. The minimum atomic E-state index is -2.68. The maximum absolute atomic E-state index is 13.0.